The van der Waals surface area contributed by atoms with Crippen LogP contribution in [0.15, 0.2) is 0 Å². The van der Waals surface area contributed by atoms with Gasteiger partial charge in [0.2, 0.25) is 0 Å². The maximum Gasteiger partial charge on any atom is 0.306 e. The molecule has 0 heterocycles. The molecule has 0 atom stereocenters. The molecule has 4 nitrogen and oxygen atoms in total. The highest BCUT2D eigenvalue weighted by Gasteiger charge is 2.01. The fourth-order valence-electron chi connectivity index (χ4n) is 3.70. The van der Waals surface area contributed by atoms with Crippen molar-refractivity contribution in [3.8, 4) is 0 Å². The first-order valence-electron chi connectivity index (χ1n) is 13.1. The van der Waals surface area contributed by atoms with Crippen LogP contribution in [0.5, 0.6) is 0 Å². The Bertz CT molecular complexity index is 381. The van der Waals surface area contributed by atoms with E-state index in [0.29, 0.717) is 36.7 Å². The van der Waals surface area contributed by atoms with E-state index in [9.17, 15) is 9.59 Å². The summed E-state index contributed by atoms with van der Waals surface area (Å²) >= 11 is 6.49. The summed E-state index contributed by atoms with van der Waals surface area (Å²) in [5, 5.41) is 1.38. The number of alkyl halides is 2. The van der Waals surface area contributed by atoms with Crippen LogP contribution < -0.4 is 0 Å². The average molecular weight is 584 g/mol. The summed E-state index contributed by atoms with van der Waals surface area (Å²) in [6.07, 6.45) is 24.3. The second kappa shape index (κ2) is 27.1. The van der Waals surface area contributed by atoms with E-state index in [4.69, 9.17) is 9.47 Å². The first kappa shape index (κ1) is 31.9. The van der Waals surface area contributed by atoms with Gasteiger partial charge < -0.3 is 9.47 Å². The second-order valence-corrected chi connectivity index (χ2v) is 10.3. The van der Waals surface area contributed by atoms with Gasteiger partial charge in [-0.05, 0) is 12.8 Å². The van der Waals surface area contributed by atoms with E-state index in [1.807, 2.05) is 0 Å². The molecule has 0 aromatic carbocycles. The standard InChI is InChI=1S/C26H48Br2O4/c27-21-19-25(29)31-23-17-15-13-11-9-7-5-3-1-2-4-6-8-10-12-14-16-18-24-32-26(30)20-22-28/h1-24H2. The van der Waals surface area contributed by atoms with Gasteiger partial charge in [-0.3, -0.25) is 9.59 Å². The van der Waals surface area contributed by atoms with Crippen molar-refractivity contribution in [2.45, 2.75) is 128 Å². The van der Waals surface area contributed by atoms with Gasteiger partial charge in [-0.25, -0.2) is 0 Å². The van der Waals surface area contributed by atoms with Crippen molar-refractivity contribution in [3.05, 3.63) is 0 Å². The molecule has 0 N–H and O–H groups in total. The number of hydrogen-bond acceptors (Lipinski definition) is 4. The van der Waals surface area contributed by atoms with Crippen molar-refractivity contribution in [1.82, 2.24) is 0 Å². The summed E-state index contributed by atoms with van der Waals surface area (Å²) in [6.45, 7) is 1.17. The number of halogens is 2. The first-order valence-corrected chi connectivity index (χ1v) is 15.4. The molecule has 190 valence electrons. The molecule has 0 aromatic heterocycles. The Morgan fingerprint density at radius 3 is 0.844 bits per heavy atom. The molecule has 0 amide bonds. The van der Waals surface area contributed by atoms with Gasteiger partial charge in [-0.15, -0.1) is 0 Å². The van der Waals surface area contributed by atoms with Gasteiger partial charge in [0.15, 0.2) is 0 Å². The number of esters is 2. The van der Waals surface area contributed by atoms with Crippen LogP contribution in [0.4, 0.5) is 0 Å². The Morgan fingerprint density at radius 2 is 0.625 bits per heavy atom. The molecule has 0 fully saturated rings. The zero-order valence-corrected chi connectivity index (χ0v) is 23.5. The molecule has 0 rings (SSSR count). The molecular formula is C26H48Br2O4. The van der Waals surface area contributed by atoms with Crippen LogP contribution in [0.3, 0.4) is 0 Å². The molecule has 0 aliphatic heterocycles. The molecule has 0 aromatic rings. The maximum absolute atomic E-state index is 11.2. The summed E-state index contributed by atoms with van der Waals surface area (Å²) in [4.78, 5) is 22.4. The largest absolute Gasteiger partial charge is 0.466 e. The van der Waals surface area contributed by atoms with Crippen LogP contribution in [0.2, 0.25) is 0 Å². The van der Waals surface area contributed by atoms with Crippen molar-refractivity contribution >= 4 is 43.8 Å². The second-order valence-electron chi connectivity index (χ2n) is 8.68. The fraction of sp³-hybridized carbons (Fsp3) is 0.923. The van der Waals surface area contributed by atoms with Gasteiger partial charge in [0.05, 0.1) is 26.1 Å². The molecule has 0 saturated carbocycles. The minimum atomic E-state index is -0.0871. The lowest BCUT2D eigenvalue weighted by molar-refractivity contribution is -0.144. The molecule has 0 aliphatic carbocycles. The summed E-state index contributed by atoms with van der Waals surface area (Å²) in [5.74, 6) is -0.174. The van der Waals surface area contributed by atoms with Crippen molar-refractivity contribution in [1.29, 1.82) is 0 Å². The summed E-state index contributed by atoms with van der Waals surface area (Å²) in [6, 6.07) is 0. The lowest BCUT2D eigenvalue weighted by atomic mass is 10.0. The molecule has 0 radical (unpaired) electrons. The Morgan fingerprint density at radius 1 is 0.406 bits per heavy atom. The minimum Gasteiger partial charge on any atom is -0.466 e. The number of ether oxygens (including phenoxy) is 2. The van der Waals surface area contributed by atoms with Crippen LogP contribution in [0, 0.1) is 0 Å². The van der Waals surface area contributed by atoms with Crippen LogP contribution in [0.1, 0.15) is 128 Å². The Kier molecular flexibility index (Phi) is 27.1. The zero-order chi connectivity index (χ0) is 23.5. The monoisotopic (exact) mass is 582 g/mol. The highest BCUT2D eigenvalue weighted by atomic mass is 79.9. The third-order valence-corrected chi connectivity index (χ3v) is 6.46. The molecule has 32 heavy (non-hydrogen) atoms. The number of rotatable bonds is 25. The van der Waals surface area contributed by atoms with Crippen molar-refractivity contribution in [2.24, 2.45) is 0 Å². The smallest absolute Gasteiger partial charge is 0.306 e. The van der Waals surface area contributed by atoms with Crippen molar-refractivity contribution in [2.75, 3.05) is 23.9 Å². The van der Waals surface area contributed by atoms with Gasteiger partial charge in [-0.2, -0.15) is 0 Å². The quantitative estimate of drug-likeness (QED) is 0.0612. The highest BCUT2D eigenvalue weighted by molar-refractivity contribution is 9.09. The normalized spacial score (nSPS) is 10.9. The number of carbonyl (C=O) groups is 2. The molecule has 0 saturated heterocycles. The van der Waals surface area contributed by atoms with E-state index in [1.54, 1.807) is 0 Å². The Balaban J connectivity index is 3.08. The molecule has 0 unspecified atom stereocenters. The third-order valence-electron chi connectivity index (χ3n) is 5.66. The van der Waals surface area contributed by atoms with Gasteiger partial charge in [0, 0.05) is 10.7 Å². The molecule has 0 spiro atoms. The van der Waals surface area contributed by atoms with Crippen LogP contribution in [-0.4, -0.2) is 35.8 Å². The molecule has 0 aliphatic rings. The van der Waals surface area contributed by atoms with Crippen molar-refractivity contribution in [3.63, 3.8) is 0 Å². The zero-order valence-electron chi connectivity index (χ0n) is 20.4. The SMILES string of the molecule is O=C(CCBr)OCCCCCCCCCCCCCCCCCCCCOC(=O)CCBr. The van der Waals surface area contributed by atoms with Crippen molar-refractivity contribution < 1.29 is 19.1 Å². The Hall–Kier alpha value is -0.100. The third kappa shape index (κ3) is 26.2. The van der Waals surface area contributed by atoms with Gasteiger partial charge in [0.25, 0.3) is 0 Å². The van der Waals surface area contributed by atoms with Gasteiger partial charge in [0.1, 0.15) is 0 Å². The predicted molar refractivity (Wildman–Crippen MR) is 142 cm³/mol. The lowest BCUT2D eigenvalue weighted by Gasteiger charge is -2.05. The topological polar surface area (TPSA) is 52.6 Å². The molecular weight excluding hydrogens is 536 g/mol. The maximum atomic E-state index is 11.2. The number of carbonyl (C=O) groups excluding carboxylic acids is 2. The Labute approximate surface area is 214 Å². The lowest BCUT2D eigenvalue weighted by Crippen LogP contribution is -2.05. The summed E-state index contributed by atoms with van der Waals surface area (Å²) < 4.78 is 10.3. The van der Waals surface area contributed by atoms with E-state index in [0.717, 1.165) is 12.8 Å². The van der Waals surface area contributed by atoms with E-state index in [-0.39, 0.29) is 11.9 Å². The predicted octanol–water partition coefficient (Wildman–Crippen LogP) is 8.66. The first-order chi connectivity index (χ1) is 15.7. The van der Waals surface area contributed by atoms with E-state index in [1.165, 1.54) is 103 Å². The fourth-order valence-corrected chi connectivity index (χ4v) is 4.35. The van der Waals surface area contributed by atoms with Crippen LogP contribution in [0.25, 0.3) is 0 Å². The van der Waals surface area contributed by atoms with Gasteiger partial charge >= 0.3 is 11.9 Å². The van der Waals surface area contributed by atoms with E-state index in [2.05, 4.69) is 31.9 Å². The van der Waals surface area contributed by atoms with E-state index < -0.39 is 0 Å². The number of hydrogen-bond donors (Lipinski definition) is 0. The summed E-state index contributed by atoms with van der Waals surface area (Å²) in [7, 11) is 0. The summed E-state index contributed by atoms with van der Waals surface area (Å²) in [5.41, 5.74) is 0. The average Bonchev–Trinajstić information content (AvgIpc) is 2.77. The highest BCUT2D eigenvalue weighted by Crippen LogP contribution is 2.14. The molecule has 0 bridgehead atoms. The van der Waals surface area contributed by atoms with E-state index >= 15 is 0 Å². The van der Waals surface area contributed by atoms with Crippen LogP contribution >= 0.6 is 31.9 Å². The van der Waals surface area contributed by atoms with Crippen LogP contribution in [-0.2, 0) is 19.1 Å². The number of unbranched alkanes of at least 4 members (excludes halogenated alkanes) is 17. The van der Waals surface area contributed by atoms with Gasteiger partial charge in [-0.1, -0.05) is 135 Å². The minimum absolute atomic E-state index is 0.0871. The molecule has 6 heteroatoms.